The van der Waals surface area contributed by atoms with E-state index in [-0.39, 0.29) is 174 Å². The van der Waals surface area contributed by atoms with Crippen molar-refractivity contribution in [2.75, 3.05) is 21.3 Å². The molecule has 4 amide bonds. The first-order valence-electron chi connectivity index (χ1n) is 15.9. The Hall–Kier alpha value is -2.31. The minimum absolute atomic E-state index is 0. The summed E-state index contributed by atoms with van der Waals surface area (Å²) in [5.41, 5.74) is 0.440. The van der Waals surface area contributed by atoms with Crippen LogP contribution in [0.5, 0.6) is 0 Å². The molecule has 0 saturated carbocycles. The zero-order valence-corrected chi connectivity index (χ0v) is 32.1. The van der Waals surface area contributed by atoms with Crippen LogP contribution >= 0.6 is 0 Å². The Morgan fingerprint density at radius 1 is 0.387 bits per heavy atom. The second-order valence-electron chi connectivity index (χ2n) is 12.3. The molecule has 0 aromatic heterocycles. The molecule has 19 nitrogen and oxygen atoms in total. The number of hydrogen-bond acceptors (Lipinski definition) is 11. The molecular weight excluding hydrogens is 937 g/mol. The summed E-state index contributed by atoms with van der Waals surface area (Å²) >= 11 is 0. The van der Waals surface area contributed by atoms with Crippen LogP contribution in [0.25, 0.3) is 21.5 Å². The molecule has 308 valence electrons. The zero-order chi connectivity index (χ0) is 42.4. The van der Waals surface area contributed by atoms with Gasteiger partial charge in [-0.2, -0.15) is 33.7 Å². The molecule has 0 heterocycles. The Balaban J connectivity index is 0.00000331. The van der Waals surface area contributed by atoms with Gasteiger partial charge in [-0.3, -0.25) is 27.8 Å². The van der Waals surface area contributed by atoms with Gasteiger partial charge in [0.25, 0.3) is 52.3 Å². The Bertz CT molecular complexity index is 3000. The number of nitrogens with one attached hydrogen (secondary N) is 4. The number of carbonyl (C=O) groups is 3. The van der Waals surface area contributed by atoms with Gasteiger partial charge in [-0.1, -0.05) is 24.3 Å². The van der Waals surface area contributed by atoms with E-state index in [1.165, 1.54) is 84.9 Å². The van der Waals surface area contributed by atoms with Gasteiger partial charge in [0.1, 0.15) is 9.79 Å². The van der Waals surface area contributed by atoms with Crippen LogP contribution < -0.4 is 21.3 Å². The van der Waals surface area contributed by atoms with Crippen LogP contribution in [0.15, 0.2) is 129 Å². The first-order valence-corrected chi connectivity index (χ1v) is 21.7. The number of benzene rings is 6. The van der Waals surface area contributed by atoms with E-state index in [9.17, 15) is 66.3 Å². The summed E-state index contributed by atoms with van der Waals surface area (Å²) in [7, 11) is -19.6. The topological polar surface area (TPSA) is 317 Å². The first-order chi connectivity index (χ1) is 27.0. The van der Waals surface area contributed by atoms with Crippen LogP contribution in [0.2, 0.25) is 0 Å². The fraction of sp³-hybridized carbons (Fsp3) is 0. The van der Waals surface area contributed by atoms with E-state index in [2.05, 4.69) is 21.3 Å². The molecule has 0 unspecified atom stereocenters. The van der Waals surface area contributed by atoms with Gasteiger partial charge >= 0.3 is 124 Å². The standard InChI is InChI=1S/C35H26N4O15S4.4Na.4H/c40-33(36-25-9-7-19-13-27(55(43,44)45)17-31(29(19)15-25)57(49,50)51)21-3-1-5-23(11-21)38-35(42)39-24-6-2-4-22(12-24)34(41)37-26-10-8-20-14-28(56(46,47)48)18-32(30(20)16-26)58(52,53)54;;;;;;;;/h1-18H,(H,36,40)(H,37,41)(H2,38,39,42)(H,43,44,45)(H,46,47,48)(H,49,50,51)(H,52,53,54);;;;;;;;. The van der Waals surface area contributed by atoms with E-state index in [0.29, 0.717) is 12.1 Å². The van der Waals surface area contributed by atoms with Gasteiger partial charge in [0.2, 0.25) is 0 Å². The molecule has 27 heteroatoms. The Morgan fingerprint density at radius 2 is 0.726 bits per heavy atom. The van der Waals surface area contributed by atoms with Crippen molar-refractivity contribution in [2.24, 2.45) is 0 Å². The SMILES string of the molecule is O=C(Nc1cccc(C(=O)Nc2ccc3cc(S(=O)(=O)O)cc(S(=O)(=O)O)c3c2)c1)Nc1cccc(C(=O)Nc2ccc3cc(S(=O)(=O)O)cc(S(=O)(=O)O)c3c2)c1.[NaH].[NaH].[NaH].[NaH]. The van der Waals surface area contributed by atoms with Crippen molar-refractivity contribution in [1.82, 2.24) is 0 Å². The fourth-order valence-electron chi connectivity index (χ4n) is 5.65. The molecule has 0 spiro atoms. The van der Waals surface area contributed by atoms with Crippen LogP contribution in [-0.4, -0.2) is 188 Å². The van der Waals surface area contributed by atoms with Gasteiger partial charge in [-0.15, -0.1) is 0 Å². The van der Waals surface area contributed by atoms with Gasteiger partial charge in [0, 0.05) is 44.6 Å². The van der Waals surface area contributed by atoms with Gasteiger partial charge in [0.15, 0.2) is 0 Å². The molecule has 62 heavy (non-hydrogen) atoms. The van der Waals surface area contributed by atoms with Crippen LogP contribution in [0.3, 0.4) is 0 Å². The average Bonchev–Trinajstić information content (AvgIpc) is 3.12. The summed E-state index contributed by atoms with van der Waals surface area (Å²) in [4.78, 5) is 35.9. The van der Waals surface area contributed by atoms with Gasteiger partial charge in [0.05, 0.1) is 9.79 Å². The Labute approximate surface area is 442 Å². The Morgan fingerprint density at radius 3 is 1.05 bits per heavy atom. The molecule has 0 aliphatic heterocycles. The summed E-state index contributed by atoms with van der Waals surface area (Å²) in [6, 6.07) is 21.0. The molecule has 0 atom stereocenters. The van der Waals surface area contributed by atoms with Crippen molar-refractivity contribution in [3.05, 3.63) is 120 Å². The van der Waals surface area contributed by atoms with E-state index >= 15 is 0 Å². The van der Waals surface area contributed by atoms with Crippen LogP contribution in [0.1, 0.15) is 20.7 Å². The predicted molar refractivity (Wildman–Crippen MR) is 237 cm³/mol. The summed E-state index contributed by atoms with van der Waals surface area (Å²) in [5, 5.41) is 9.83. The fourth-order valence-corrected chi connectivity index (χ4v) is 8.35. The van der Waals surface area contributed by atoms with Crippen molar-refractivity contribution in [2.45, 2.75) is 19.6 Å². The third-order valence-corrected chi connectivity index (χ3v) is 11.7. The zero-order valence-electron chi connectivity index (χ0n) is 28.8. The van der Waals surface area contributed by atoms with E-state index in [1.54, 1.807) is 0 Å². The minimum atomic E-state index is -4.98. The second-order valence-corrected chi connectivity index (χ2v) is 17.9. The monoisotopic (exact) mass is 966 g/mol. The number of fused-ring (bicyclic) bond motifs is 2. The van der Waals surface area contributed by atoms with Crippen molar-refractivity contribution in [3.63, 3.8) is 0 Å². The summed E-state index contributed by atoms with van der Waals surface area (Å²) in [6.07, 6.45) is 0. The summed E-state index contributed by atoms with van der Waals surface area (Å²) in [5.74, 6) is -1.43. The molecule has 0 radical (unpaired) electrons. The van der Waals surface area contributed by atoms with Crippen LogP contribution in [0, 0.1) is 0 Å². The molecule has 0 aliphatic rings. The number of amides is 4. The molecule has 6 aromatic carbocycles. The van der Waals surface area contributed by atoms with E-state index in [1.807, 2.05) is 0 Å². The number of urea groups is 1. The number of rotatable bonds is 10. The first kappa shape index (κ1) is 55.8. The molecule has 6 aromatic rings. The number of carbonyl (C=O) groups excluding carboxylic acids is 3. The van der Waals surface area contributed by atoms with Crippen molar-refractivity contribution in [1.29, 1.82) is 0 Å². The average molecular weight is 967 g/mol. The van der Waals surface area contributed by atoms with Gasteiger partial charge in [-0.05, 0) is 95.7 Å². The molecule has 8 N–H and O–H groups in total. The summed E-state index contributed by atoms with van der Waals surface area (Å²) < 4.78 is 133. The normalized spacial score (nSPS) is 11.4. The van der Waals surface area contributed by atoms with Crippen molar-refractivity contribution < 1.29 is 66.3 Å². The van der Waals surface area contributed by atoms with Gasteiger partial charge < -0.3 is 21.3 Å². The summed E-state index contributed by atoms with van der Waals surface area (Å²) in [6.45, 7) is 0. The molecule has 0 saturated heterocycles. The van der Waals surface area contributed by atoms with E-state index < -0.39 is 77.9 Å². The Kier molecular flexibility index (Phi) is 19.6. The van der Waals surface area contributed by atoms with Gasteiger partial charge in [-0.25, -0.2) is 4.79 Å². The molecule has 6 rings (SSSR count). The molecule has 0 bridgehead atoms. The van der Waals surface area contributed by atoms with Crippen molar-refractivity contribution >= 4 is 221 Å². The molecule has 0 aliphatic carbocycles. The molecule has 0 fully saturated rings. The van der Waals surface area contributed by atoms with E-state index in [4.69, 9.17) is 0 Å². The number of anilines is 4. The van der Waals surface area contributed by atoms with Crippen molar-refractivity contribution in [3.8, 4) is 0 Å². The number of hydrogen-bond donors (Lipinski definition) is 8. The third kappa shape index (κ3) is 13.9. The maximum atomic E-state index is 13.1. The molecular formula is C35H30N4Na4O15S4. The quantitative estimate of drug-likeness (QED) is 0.0723. The van der Waals surface area contributed by atoms with Crippen LogP contribution in [0.4, 0.5) is 27.5 Å². The van der Waals surface area contributed by atoms with E-state index in [0.717, 1.165) is 12.1 Å². The predicted octanol–water partition coefficient (Wildman–Crippen LogP) is 2.53. The third-order valence-electron chi connectivity index (χ3n) is 8.21. The maximum absolute atomic E-state index is 13.1. The van der Waals surface area contributed by atoms with Crippen LogP contribution in [-0.2, 0) is 40.5 Å². The second kappa shape index (κ2) is 21.8.